The molecule has 1 rings (SSSR count). The van der Waals surface area contributed by atoms with Crippen molar-refractivity contribution in [1.82, 2.24) is 0 Å². The van der Waals surface area contributed by atoms with Crippen LogP contribution in [0.1, 0.15) is 10.4 Å². The van der Waals surface area contributed by atoms with Gasteiger partial charge in [-0.2, -0.15) is 0 Å². The number of nitrogens with zero attached hydrogens (tertiary/aromatic N) is 1. The van der Waals surface area contributed by atoms with E-state index in [1.165, 1.54) is 25.3 Å². The van der Waals surface area contributed by atoms with E-state index in [0.29, 0.717) is 6.29 Å². The van der Waals surface area contributed by atoms with Crippen LogP contribution in [0.25, 0.3) is 0 Å². The molecule has 0 aliphatic carbocycles. The van der Waals surface area contributed by atoms with Gasteiger partial charge in [0.05, 0.1) is 17.6 Å². The highest BCUT2D eigenvalue weighted by atomic mass is 16.6. The Kier molecular flexibility index (Phi) is 4.21. The van der Waals surface area contributed by atoms with Crippen LogP contribution in [0, 0.1) is 10.1 Å². The molecule has 1 aromatic carbocycles. The third-order valence-electron chi connectivity index (χ3n) is 2.00. The minimum atomic E-state index is -0.603. The van der Waals surface area contributed by atoms with Gasteiger partial charge in [0.15, 0.2) is 12.0 Å². The van der Waals surface area contributed by atoms with Crippen LogP contribution in [0.2, 0.25) is 0 Å². The number of nitro groups is 1. The molecule has 0 fully saturated rings. The van der Waals surface area contributed by atoms with Crippen molar-refractivity contribution in [3.05, 3.63) is 40.5 Å². The SMILES string of the molecule is C=CCOc1c(C=O)ccc([N+](=O)[O-])c1OC. The summed E-state index contributed by atoms with van der Waals surface area (Å²) in [6.45, 7) is 3.58. The van der Waals surface area contributed by atoms with Crippen molar-refractivity contribution in [2.24, 2.45) is 0 Å². The Hall–Kier alpha value is -2.37. The number of benzene rings is 1. The highest BCUT2D eigenvalue weighted by molar-refractivity contribution is 5.83. The molecule has 0 radical (unpaired) electrons. The lowest BCUT2D eigenvalue weighted by atomic mass is 10.2. The summed E-state index contributed by atoms with van der Waals surface area (Å²) in [7, 11) is 1.28. The second-order valence-corrected chi connectivity index (χ2v) is 3.01. The van der Waals surface area contributed by atoms with E-state index in [-0.39, 0.29) is 29.4 Å². The molecule has 0 aromatic heterocycles. The first-order valence-corrected chi connectivity index (χ1v) is 4.70. The van der Waals surface area contributed by atoms with E-state index in [2.05, 4.69) is 6.58 Å². The smallest absolute Gasteiger partial charge is 0.314 e. The van der Waals surface area contributed by atoms with Gasteiger partial charge in [-0.15, -0.1) is 0 Å². The van der Waals surface area contributed by atoms with Gasteiger partial charge in [0.25, 0.3) is 0 Å². The maximum Gasteiger partial charge on any atom is 0.314 e. The van der Waals surface area contributed by atoms with Gasteiger partial charge < -0.3 is 9.47 Å². The van der Waals surface area contributed by atoms with Crippen LogP contribution in [-0.2, 0) is 0 Å². The van der Waals surface area contributed by atoms with Gasteiger partial charge in [0, 0.05) is 6.07 Å². The Morgan fingerprint density at radius 1 is 1.47 bits per heavy atom. The summed E-state index contributed by atoms with van der Waals surface area (Å²) in [4.78, 5) is 21.0. The molecule has 0 saturated carbocycles. The summed E-state index contributed by atoms with van der Waals surface area (Å²) in [5.41, 5.74) is -0.0635. The molecule has 6 heteroatoms. The van der Waals surface area contributed by atoms with E-state index in [1.54, 1.807) is 0 Å². The van der Waals surface area contributed by atoms with Gasteiger partial charge in [-0.05, 0) is 6.07 Å². The summed E-state index contributed by atoms with van der Waals surface area (Å²) in [5, 5.41) is 10.8. The van der Waals surface area contributed by atoms with Crippen LogP contribution in [0.5, 0.6) is 11.5 Å². The summed E-state index contributed by atoms with van der Waals surface area (Å²) in [6.07, 6.45) is 2.01. The monoisotopic (exact) mass is 237 g/mol. The van der Waals surface area contributed by atoms with Crippen molar-refractivity contribution in [2.75, 3.05) is 13.7 Å². The number of hydrogen-bond donors (Lipinski definition) is 0. The number of rotatable bonds is 6. The van der Waals surface area contributed by atoms with Crippen LogP contribution < -0.4 is 9.47 Å². The molecule has 0 bridgehead atoms. The first kappa shape index (κ1) is 12.7. The number of carbonyl (C=O) groups excluding carboxylic acids is 1. The number of hydrogen-bond acceptors (Lipinski definition) is 5. The van der Waals surface area contributed by atoms with Gasteiger partial charge in [0.1, 0.15) is 6.61 Å². The lowest BCUT2D eigenvalue weighted by Gasteiger charge is -2.11. The fourth-order valence-electron chi connectivity index (χ4n) is 1.29. The molecule has 0 atom stereocenters. The van der Waals surface area contributed by atoms with E-state index in [0.717, 1.165) is 0 Å². The molecule has 0 spiro atoms. The molecule has 0 saturated heterocycles. The quantitative estimate of drug-likeness (QED) is 0.327. The van der Waals surface area contributed by atoms with E-state index in [4.69, 9.17) is 9.47 Å². The van der Waals surface area contributed by atoms with Crippen molar-refractivity contribution in [3.63, 3.8) is 0 Å². The van der Waals surface area contributed by atoms with Gasteiger partial charge in [-0.25, -0.2) is 0 Å². The zero-order valence-corrected chi connectivity index (χ0v) is 9.21. The maximum absolute atomic E-state index is 10.8. The first-order chi connectivity index (χ1) is 8.15. The van der Waals surface area contributed by atoms with Crippen molar-refractivity contribution >= 4 is 12.0 Å². The number of carbonyl (C=O) groups is 1. The molecule has 17 heavy (non-hydrogen) atoms. The molecular weight excluding hydrogens is 226 g/mol. The summed E-state index contributed by atoms with van der Waals surface area (Å²) < 4.78 is 10.1. The number of nitro benzene ring substituents is 1. The molecule has 0 heterocycles. The van der Waals surface area contributed by atoms with Crippen LogP contribution in [0.4, 0.5) is 5.69 Å². The molecule has 0 unspecified atom stereocenters. The largest absolute Gasteiger partial charge is 0.488 e. The van der Waals surface area contributed by atoms with E-state index in [9.17, 15) is 14.9 Å². The highest BCUT2D eigenvalue weighted by Crippen LogP contribution is 2.38. The molecule has 6 nitrogen and oxygen atoms in total. The van der Waals surface area contributed by atoms with Crippen molar-refractivity contribution < 1.29 is 19.2 Å². The fraction of sp³-hybridized carbons (Fsp3) is 0.182. The maximum atomic E-state index is 10.8. The second-order valence-electron chi connectivity index (χ2n) is 3.01. The second kappa shape index (κ2) is 5.64. The fourth-order valence-corrected chi connectivity index (χ4v) is 1.29. The highest BCUT2D eigenvalue weighted by Gasteiger charge is 2.22. The van der Waals surface area contributed by atoms with Gasteiger partial charge >= 0.3 is 5.69 Å². The Balaban J connectivity index is 3.36. The van der Waals surface area contributed by atoms with Crippen LogP contribution >= 0.6 is 0 Å². The van der Waals surface area contributed by atoms with Gasteiger partial charge in [0.2, 0.25) is 5.75 Å². The third-order valence-corrected chi connectivity index (χ3v) is 2.00. The molecule has 90 valence electrons. The number of ether oxygens (including phenoxy) is 2. The molecule has 0 aliphatic heterocycles. The lowest BCUT2D eigenvalue weighted by Crippen LogP contribution is -2.02. The van der Waals surface area contributed by atoms with E-state index < -0.39 is 4.92 Å². The lowest BCUT2D eigenvalue weighted by molar-refractivity contribution is -0.385. The van der Waals surface area contributed by atoms with E-state index in [1.807, 2.05) is 0 Å². The van der Waals surface area contributed by atoms with Gasteiger partial charge in [-0.3, -0.25) is 14.9 Å². The molecule has 1 aromatic rings. The first-order valence-electron chi connectivity index (χ1n) is 4.70. The standard InChI is InChI=1S/C11H11NO5/c1-3-6-17-10-8(7-13)4-5-9(12(14)15)11(10)16-2/h3-5,7H,1,6H2,2H3. The predicted molar refractivity (Wildman–Crippen MR) is 60.7 cm³/mol. The minimum Gasteiger partial charge on any atom is -0.488 e. The summed E-state index contributed by atoms with van der Waals surface area (Å²) in [6, 6.07) is 2.51. The summed E-state index contributed by atoms with van der Waals surface area (Å²) in [5.74, 6) is -0.0157. The normalized spacial score (nSPS) is 9.47. The zero-order valence-electron chi connectivity index (χ0n) is 9.21. The van der Waals surface area contributed by atoms with E-state index >= 15 is 0 Å². The average Bonchev–Trinajstić information content (AvgIpc) is 2.34. The Morgan fingerprint density at radius 3 is 2.65 bits per heavy atom. The van der Waals surface area contributed by atoms with Gasteiger partial charge in [-0.1, -0.05) is 12.7 Å². The van der Waals surface area contributed by atoms with Crippen LogP contribution in [0.15, 0.2) is 24.8 Å². The Labute approximate surface area is 97.6 Å². The zero-order chi connectivity index (χ0) is 12.8. The number of aldehydes is 1. The Morgan fingerprint density at radius 2 is 2.18 bits per heavy atom. The molecule has 0 N–H and O–H groups in total. The topological polar surface area (TPSA) is 78.7 Å². The van der Waals surface area contributed by atoms with Crippen LogP contribution in [-0.4, -0.2) is 24.9 Å². The average molecular weight is 237 g/mol. The molecule has 0 aliphatic rings. The van der Waals surface area contributed by atoms with Crippen molar-refractivity contribution in [3.8, 4) is 11.5 Å². The Bertz CT molecular complexity index is 455. The molecular formula is C11H11NO5. The number of methoxy groups -OCH3 is 1. The third kappa shape index (κ3) is 2.60. The predicted octanol–water partition coefficient (Wildman–Crippen LogP) is 1.98. The minimum absolute atomic E-state index is 0.0524. The summed E-state index contributed by atoms with van der Waals surface area (Å²) >= 11 is 0. The van der Waals surface area contributed by atoms with Crippen molar-refractivity contribution in [2.45, 2.75) is 0 Å². The van der Waals surface area contributed by atoms with Crippen LogP contribution in [0.3, 0.4) is 0 Å². The molecule has 0 amide bonds. The van der Waals surface area contributed by atoms with Crippen molar-refractivity contribution in [1.29, 1.82) is 0 Å².